The van der Waals surface area contributed by atoms with Gasteiger partial charge in [-0.25, -0.2) is 4.79 Å². The fraction of sp³-hybridized carbons (Fsp3) is 0.346. The number of aromatic nitrogens is 2. The number of pyridine rings is 1. The second-order valence-corrected chi connectivity index (χ2v) is 8.76. The van der Waals surface area contributed by atoms with Crippen molar-refractivity contribution >= 4 is 23.3 Å². The van der Waals surface area contributed by atoms with Gasteiger partial charge in [0.25, 0.3) is 0 Å². The molecule has 1 N–H and O–H groups in total. The van der Waals surface area contributed by atoms with Crippen molar-refractivity contribution in [3.05, 3.63) is 82.9 Å². The highest BCUT2D eigenvalue weighted by atomic mass is 32.1. The van der Waals surface area contributed by atoms with Gasteiger partial charge in [0.15, 0.2) is 5.11 Å². The summed E-state index contributed by atoms with van der Waals surface area (Å²) in [6.45, 7) is 7.35. The Hall–Kier alpha value is -3.19. The summed E-state index contributed by atoms with van der Waals surface area (Å²) >= 11 is 5.77. The number of esters is 1. The summed E-state index contributed by atoms with van der Waals surface area (Å²) in [5.74, 6) is -0.335. The molecular formula is C26H30N4O2S. The number of hydrogen-bond acceptors (Lipinski definition) is 4. The summed E-state index contributed by atoms with van der Waals surface area (Å²) in [4.78, 5) is 18.8. The topological polar surface area (TPSA) is 59.4 Å². The molecule has 1 aromatic carbocycles. The van der Waals surface area contributed by atoms with E-state index in [9.17, 15) is 4.79 Å². The van der Waals surface area contributed by atoms with Crippen molar-refractivity contribution in [2.45, 2.75) is 45.7 Å². The Balaban J connectivity index is 1.77. The van der Waals surface area contributed by atoms with Crippen LogP contribution in [0.25, 0.3) is 5.69 Å². The molecule has 7 heteroatoms. The standard InChI is InChI=1S/C26H30N4O2S/c1-5-6-15-29-24(23(28-26(29)33)22-9-7-8-14-27-22)21-16-17(2)30(18(21)3)20-12-10-19(11-13-20)25(31)32-4/h7-14,16,23-24H,5-6,15H2,1-4H3,(H,28,33)/t23-,24+/m1/s1. The average Bonchev–Trinajstić information content (AvgIpc) is 3.32. The van der Waals surface area contributed by atoms with Crippen LogP contribution >= 0.6 is 12.2 Å². The van der Waals surface area contributed by atoms with E-state index in [1.165, 1.54) is 12.7 Å². The van der Waals surface area contributed by atoms with Crippen molar-refractivity contribution in [3.8, 4) is 5.69 Å². The Kier molecular flexibility index (Phi) is 6.79. The summed E-state index contributed by atoms with van der Waals surface area (Å²) in [7, 11) is 1.39. The summed E-state index contributed by atoms with van der Waals surface area (Å²) in [6, 6.07) is 15.8. The van der Waals surface area contributed by atoms with Crippen LogP contribution in [0.1, 0.15) is 64.9 Å². The number of hydrogen-bond donors (Lipinski definition) is 1. The van der Waals surface area contributed by atoms with Crippen LogP contribution in [-0.2, 0) is 4.74 Å². The maximum atomic E-state index is 11.8. The molecule has 0 radical (unpaired) electrons. The molecule has 6 nitrogen and oxygen atoms in total. The van der Waals surface area contributed by atoms with Crippen LogP contribution in [0, 0.1) is 13.8 Å². The molecule has 1 aliphatic rings. The molecule has 172 valence electrons. The lowest BCUT2D eigenvalue weighted by Crippen LogP contribution is -2.30. The van der Waals surface area contributed by atoms with Crippen LogP contribution in [0.15, 0.2) is 54.7 Å². The molecule has 0 unspecified atom stereocenters. The Morgan fingerprint density at radius 2 is 1.94 bits per heavy atom. The zero-order valence-corrected chi connectivity index (χ0v) is 20.4. The number of methoxy groups -OCH3 is 1. The Labute approximate surface area is 200 Å². The van der Waals surface area contributed by atoms with Crippen LogP contribution in [0.2, 0.25) is 0 Å². The van der Waals surface area contributed by atoms with Gasteiger partial charge in [-0.1, -0.05) is 19.4 Å². The third-order valence-corrected chi connectivity index (χ3v) is 6.64. The normalized spacial score (nSPS) is 17.8. The first-order valence-electron chi connectivity index (χ1n) is 11.3. The van der Waals surface area contributed by atoms with E-state index < -0.39 is 0 Å². The predicted octanol–water partition coefficient (Wildman–Crippen LogP) is 5.05. The molecule has 1 saturated heterocycles. The molecular weight excluding hydrogens is 432 g/mol. The molecule has 0 aliphatic carbocycles. The highest BCUT2D eigenvalue weighted by Crippen LogP contribution is 2.41. The predicted molar refractivity (Wildman–Crippen MR) is 134 cm³/mol. The summed E-state index contributed by atoms with van der Waals surface area (Å²) < 4.78 is 7.06. The number of thiocarbonyl (C=S) groups is 1. The Bertz CT molecular complexity index is 1140. The quantitative estimate of drug-likeness (QED) is 0.392. The number of nitrogens with one attached hydrogen (secondary N) is 1. The molecule has 33 heavy (non-hydrogen) atoms. The number of ether oxygens (including phenoxy) is 1. The van der Waals surface area contributed by atoms with E-state index in [-0.39, 0.29) is 18.1 Å². The van der Waals surface area contributed by atoms with Crippen LogP contribution in [-0.4, -0.2) is 39.2 Å². The molecule has 3 aromatic rings. The number of benzene rings is 1. The summed E-state index contributed by atoms with van der Waals surface area (Å²) in [5, 5.41) is 4.31. The van der Waals surface area contributed by atoms with Gasteiger partial charge in [0, 0.05) is 29.8 Å². The lowest BCUT2D eigenvalue weighted by Gasteiger charge is -2.28. The molecule has 1 aliphatic heterocycles. The number of carbonyl (C=O) groups is 1. The summed E-state index contributed by atoms with van der Waals surface area (Å²) in [6.07, 6.45) is 4.00. The number of rotatable bonds is 7. The minimum absolute atomic E-state index is 0.0220. The van der Waals surface area contributed by atoms with Crippen LogP contribution in [0.5, 0.6) is 0 Å². The highest BCUT2D eigenvalue weighted by Gasteiger charge is 2.41. The van der Waals surface area contributed by atoms with Crippen molar-refractivity contribution in [3.63, 3.8) is 0 Å². The fourth-order valence-corrected chi connectivity index (χ4v) is 4.99. The lowest BCUT2D eigenvalue weighted by molar-refractivity contribution is 0.0600. The molecule has 0 saturated carbocycles. The molecule has 4 rings (SSSR count). The average molecular weight is 463 g/mol. The first kappa shape index (κ1) is 23.0. The van der Waals surface area contributed by atoms with Crippen molar-refractivity contribution in [2.75, 3.05) is 13.7 Å². The van der Waals surface area contributed by atoms with Gasteiger partial charge in [-0.15, -0.1) is 0 Å². The molecule has 3 heterocycles. The number of nitrogens with zero attached hydrogens (tertiary/aromatic N) is 3. The fourth-order valence-electron chi connectivity index (χ4n) is 4.66. The lowest BCUT2D eigenvalue weighted by atomic mass is 9.96. The van der Waals surface area contributed by atoms with E-state index >= 15 is 0 Å². The van der Waals surface area contributed by atoms with Crippen LogP contribution in [0.4, 0.5) is 0 Å². The zero-order chi connectivity index (χ0) is 23.5. The third kappa shape index (κ3) is 4.37. The molecule has 0 spiro atoms. The van der Waals surface area contributed by atoms with Crippen LogP contribution in [0.3, 0.4) is 0 Å². The third-order valence-electron chi connectivity index (χ3n) is 6.29. The number of aryl methyl sites for hydroxylation is 1. The van der Waals surface area contributed by atoms with Gasteiger partial charge >= 0.3 is 5.97 Å². The number of unbranched alkanes of at least 4 members (excludes halogenated alkanes) is 1. The monoisotopic (exact) mass is 462 g/mol. The van der Waals surface area contributed by atoms with E-state index in [4.69, 9.17) is 17.0 Å². The van der Waals surface area contributed by atoms with Crippen LogP contribution < -0.4 is 5.32 Å². The van der Waals surface area contributed by atoms with Gasteiger partial charge in [0.1, 0.15) is 0 Å². The molecule has 2 aromatic heterocycles. The maximum Gasteiger partial charge on any atom is 0.337 e. The molecule has 0 amide bonds. The smallest absolute Gasteiger partial charge is 0.337 e. The van der Waals surface area contributed by atoms with Gasteiger partial charge in [-0.05, 0) is 80.5 Å². The van der Waals surface area contributed by atoms with Gasteiger partial charge in [0.2, 0.25) is 0 Å². The molecule has 1 fully saturated rings. The van der Waals surface area contributed by atoms with Crippen molar-refractivity contribution in [1.29, 1.82) is 0 Å². The second kappa shape index (κ2) is 9.75. The van der Waals surface area contributed by atoms with Gasteiger partial charge in [0.05, 0.1) is 30.5 Å². The van der Waals surface area contributed by atoms with Gasteiger partial charge in [-0.2, -0.15) is 0 Å². The largest absolute Gasteiger partial charge is 0.465 e. The minimum Gasteiger partial charge on any atom is -0.465 e. The van der Waals surface area contributed by atoms with E-state index in [0.717, 1.165) is 47.3 Å². The molecule has 0 bridgehead atoms. The SMILES string of the molecule is CCCCN1C(=S)N[C@H](c2ccccn2)[C@@H]1c1cc(C)n(-c2ccc(C(=O)OC)cc2)c1C. The van der Waals surface area contributed by atoms with E-state index in [1.807, 2.05) is 30.5 Å². The highest BCUT2D eigenvalue weighted by molar-refractivity contribution is 7.80. The van der Waals surface area contributed by atoms with E-state index in [1.54, 1.807) is 12.1 Å². The Morgan fingerprint density at radius 1 is 1.18 bits per heavy atom. The van der Waals surface area contributed by atoms with Crippen molar-refractivity contribution in [1.82, 2.24) is 19.8 Å². The molecule has 2 atom stereocenters. The number of carbonyl (C=O) groups excluding carboxylic acids is 1. The first-order valence-corrected chi connectivity index (χ1v) is 11.7. The van der Waals surface area contributed by atoms with Crippen molar-refractivity contribution < 1.29 is 9.53 Å². The van der Waals surface area contributed by atoms with Gasteiger partial charge < -0.3 is 19.5 Å². The summed E-state index contributed by atoms with van der Waals surface area (Å²) in [5.41, 5.74) is 6.03. The van der Waals surface area contributed by atoms with E-state index in [0.29, 0.717) is 5.56 Å². The van der Waals surface area contributed by atoms with Gasteiger partial charge in [-0.3, -0.25) is 4.98 Å². The Morgan fingerprint density at radius 3 is 2.58 bits per heavy atom. The second-order valence-electron chi connectivity index (χ2n) is 8.37. The van der Waals surface area contributed by atoms with Crippen molar-refractivity contribution in [2.24, 2.45) is 0 Å². The zero-order valence-electron chi connectivity index (χ0n) is 19.5. The van der Waals surface area contributed by atoms with E-state index in [2.05, 4.69) is 52.7 Å². The minimum atomic E-state index is -0.335. The maximum absolute atomic E-state index is 11.8. The first-order chi connectivity index (χ1) is 16.0.